The highest BCUT2D eigenvalue weighted by Gasteiger charge is 2.12. The molecule has 1 N–H and O–H groups in total. The number of rotatable bonds is 2. The van der Waals surface area contributed by atoms with Gasteiger partial charge in [0.25, 0.3) is 5.91 Å². The Morgan fingerprint density at radius 3 is 3.11 bits per heavy atom. The van der Waals surface area contributed by atoms with Crippen LogP contribution in [-0.4, -0.2) is 20.9 Å². The van der Waals surface area contributed by atoms with Crippen molar-refractivity contribution in [3.63, 3.8) is 0 Å². The first kappa shape index (κ1) is 10.8. The molecule has 0 fully saturated rings. The molecule has 0 saturated heterocycles. The van der Waals surface area contributed by atoms with Crippen LogP contribution < -0.4 is 5.32 Å². The zero-order valence-electron chi connectivity index (χ0n) is 9.38. The lowest BCUT2D eigenvalue weighted by atomic mass is 10.4. The van der Waals surface area contributed by atoms with Gasteiger partial charge in [0.05, 0.1) is 10.9 Å². The molecule has 1 amide bonds. The van der Waals surface area contributed by atoms with Crippen LogP contribution in [0.25, 0.3) is 10.2 Å². The fourth-order valence-electron chi connectivity index (χ4n) is 1.47. The molecule has 6 nitrogen and oxygen atoms in total. The number of aryl methyl sites for hydroxylation is 1. The van der Waals surface area contributed by atoms with Gasteiger partial charge < -0.3 is 4.42 Å². The lowest BCUT2D eigenvalue weighted by molar-refractivity contribution is 0.102. The van der Waals surface area contributed by atoms with E-state index in [1.165, 1.54) is 24.0 Å². The van der Waals surface area contributed by atoms with E-state index in [1.54, 1.807) is 6.20 Å². The SMILES string of the molecule is Cc1cc2sc(NC(=O)c3cocn3)nc2cn1. The summed E-state index contributed by atoms with van der Waals surface area (Å²) in [6, 6.07) is 1.93. The molecule has 0 aliphatic heterocycles. The zero-order valence-corrected chi connectivity index (χ0v) is 10.2. The molecular formula is C11H8N4O2S. The smallest absolute Gasteiger partial charge is 0.279 e. The number of carbonyl (C=O) groups excluding carboxylic acids is 1. The van der Waals surface area contributed by atoms with E-state index in [4.69, 9.17) is 4.42 Å². The highest BCUT2D eigenvalue weighted by Crippen LogP contribution is 2.25. The number of oxazole rings is 1. The molecule has 3 aromatic heterocycles. The third-order valence-electron chi connectivity index (χ3n) is 2.30. The van der Waals surface area contributed by atoms with Crippen molar-refractivity contribution in [2.45, 2.75) is 6.92 Å². The minimum atomic E-state index is -0.340. The van der Waals surface area contributed by atoms with Gasteiger partial charge in [-0.2, -0.15) is 0 Å². The van der Waals surface area contributed by atoms with Gasteiger partial charge in [0.1, 0.15) is 11.8 Å². The van der Waals surface area contributed by atoms with E-state index in [0.717, 1.165) is 15.9 Å². The van der Waals surface area contributed by atoms with Gasteiger partial charge in [0, 0.05) is 5.69 Å². The van der Waals surface area contributed by atoms with Crippen molar-refractivity contribution in [2.24, 2.45) is 0 Å². The van der Waals surface area contributed by atoms with Crippen molar-refractivity contribution in [2.75, 3.05) is 5.32 Å². The molecule has 0 atom stereocenters. The number of aromatic nitrogens is 3. The van der Waals surface area contributed by atoms with Crippen LogP contribution in [0.2, 0.25) is 0 Å². The van der Waals surface area contributed by atoms with Crippen LogP contribution in [0.15, 0.2) is 29.3 Å². The molecule has 0 spiro atoms. The van der Waals surface area contributed by atoms with E-state index in [-0.39, 0.29) is 11.6 Å². The number of hydrogen-bond donors (Lipinski definition) is 1. The Morgan fingerprint density at radius 2 is 2.33 bits per heavy atom. The van der Waals surface area contributed by atoms with Gasteiger partial charge >= 0.3 is 0 Å². The summed E-state index contributed by atoms with van der Waals surface area (Å²) < 4.78 is 5.73. The van der Waals surface area contributed by atoms with Crippen LogP contribution in [0.4, 0.5) is 5.13 Å². The number of carbonyl (C=O) groups is 1. The number of hydrogen-bond acceptors (Lipinski definition) is 6. The predicted octanol–water partition coefficient (Wildman–Crippen LogP) is 2.24. The van der Waals surface area contributed by atoms with Crippen LogP contribution in [-0.2, 0) is 0 Å². The van der Waals surface area contributed by atoms with E-state index in [9.17, 15) is 4.79 Å². The van der Waals surface area contributed by atoms with Crippen LogP contribution >= 0.6 is 11.3 Å². The van der Waals surface area contributed by atoms with Gasteiger partial charge in [-0.3, -0.25) is 15.1 Å². The third kappa shape index (κ3) is 1.95. The second kappa shape index (κ2) is 4.19. The Labute approximate surface area is 106 Å². The maximum atomic E-state index is 11.7. The second-order valence-electron chi connectivity index (χ2n) is 3.64. The van der Waals surface area contributed by atoms with Gasteiger partial charge in [0.2, 0.25) is 0 Å². The average molecular weight is 260 g/mol. The van der Waals surface area contributed by atoms with Crippen molar-refractivity contribution < 1.29 is 9.21 Å². The van der Waals surface area contributed by atoms with Gasteiger partial charge in [-0.05, 0) is 13.0 Å². The van der Waals surface area contributed by atoms with Crippen molar-refractivity contribution >= 4 is 32.6 Å². The molecule has 3 rings (SSSR count). The number of fused-ring (bicyclic) bond motifs is 1. The van der Waals surface area contributed by atoms with Gasteiger partial charge in [-0.15, -0.1) is 0 Å². The molecule has 3 heterocycles. The Bertz CT molecular complexity index is 705. The van der Waals surface area contributed by atoms with Crippen molar-refractivity contribution in [1.29, 1.82) is 0 Å². The summed E-state index contributed by atoms with van der Waals surface area (Å²) in [6.07, 6.45) is 4.18. The number of amides is 1. The number of thiazole rings is 1. The maximum Gasteiger partial charge on any atom is 0.279 e. The molecule has 0 unspecified atom stereocenters. The topological polar surface area (TPSA) is 80.9 Å². The number of nitrogens with one attached hydrogen (secondary N) is 1. The molecule has 0 saturated carbocycles. The molecule has 0 aromatic carbocycles. The fraction of sp³-hybridized carbons (Fsp3) is 0.0909. The van der Waals surface area contributed by atoms with Crippen LogP contribution in [0.5, 0.6) is 0 Å². The molecule has 90 valence electrons. The van der Waals surface area contributed by atoms with E-state index >= 15 is 0 Å². The number of pyridine rings is 1. The minimum absolute atomic E-state index is 0.226. The number of anilines is 1. The van der Waals surface area contributed by atoms with E-state index in [1.807, 2.05) is 13.0 Å². The first-order valence-corrected chi connectivity index (χ1v) is 5.97. The monoisotopic (exact) mass is 260 g/mol. The molecule has 18 heavy (non-hydrogen) atoms. The van der Waals surface area contributed by atoms with Gasteiger partial charge in [-0.25, -0.2) is 9.97 Å². The highest BCUT2D eigenvalue weighted by molar-refractivity contribution is 7.22. The van der Waals surface area contributed by atoms with E-state index in [0.29, 0.717) is 5.13 Å². The normalized spacial score (nSPS) is 10.7. The molecule has 3 aromatic rings. The van der Waals surface area contributed by atoms with Crippen molar-refractivity contribution in [1.82, 2.24) is 15.0 Å². The largest absolute Gasteiger partial charge is 0.451 e. The summed E-state index contributed by atoms with van der Waals surface area (Å²) in [6.45, 7) is 1.91. The Hall–Kier alpha value is -2.28. The zero-order chi connectivity index (χ0) is 12.5. The predicted molar refractivity (Wildman–Crippen MR) is 66.6 cm³/mol. The second-order valence-corrected chi connectivity index (χ2v) is 4.67. The molecule has 0 radical (unpaired) electrons. The lowest BCUT2D eigenvalue weighted by Crippen LogP contribution is -2.11. The first-order chi connectivity index (χ1) is 8.72. The van der Waals surface area contributed by atoms with Gasteiger partial charge in [0.15, 0.2) is 17.2 Å². The summed E-state index contributed by atoms with van der Waals surface area (Å²) in [5.74, 6) is -0.340. The molecule has 7 heteroatoms. The standard InChI is InChI=1S/C11H8N4O2S/c1-6-2-9-7(3-12-6)14-11(18-9)15-10(16)8-4-17-5-13-8/h2-5H,1H3,(H,14,15,16). The maximum absolute atomic E-state index is 11.7. The van der Waals surface area contributed by atoms with E-state index in [2.05, 4.69) is 20.3 Å². The lowest BCUT2D eigenvalue weighted by Gasteiger charge is -1.95. The number of nitrogens with zero attached hydrogens (tertiary/aromatic N) is 3. The van der Waals surface area contributed by atoms with Crippen LogP contribution in [0, 0.1) is 6.92 Å². The van der Waals surface area contributed by atoms with E-state index < -0.39 is 0 Å². The van der Waals surface area contributed by atoms with Crippen LogP contribution in [0.3, 0.4) is 0 Å². The van der Waals surface area contributed by atoms with Crippen LogP contribution in [0.1, 0.15) is 16.2 Å². The summed E-state index contributed by atoms with van der Waals surface area (Å²) in [5.41, 5.74) is 1.91. The highest BCUT2D eigenvalue weighted by atomic mass is 32.1. The quantitative estimate of drug-likeness (QED) is 0.764. The third-order valence-corrected chi connectivity index (χ3v) is 3.23. The fourth-order valence-corrected chi connectivity index (χ4v) is 2.40. The Morgan fingerprint density at radius 1 is 1.44 bits per heavy atom. The van der Waals surface area contributed by atoms with Gasteiger partial charge in [-0.1, -0.05) is 11.3 Å². The van der Waals surface area contributed by atoms with Crippen molar-refractivity contribution in [3.8, 4) is 0 Å². The summed E-state index contributed by atoms with van der Waals surface area (Å²) >= 11 is 1.40. The summed E-state index contributed by atoms with van der Waals surface area (Å²) in [4.78, 5) is 23.9. The summed E-state index contributed by atoms with van der Waals surface area (Å²) in [7, 11) is 0. The Kier molecular flexibility index (Phi) is 2.52. The minimum Gasteiger partial charge on any atom is -0.451 e. The average Bonchev–Trinajstić information content (AvgIpc) is 2.95. The first-order valence-electron chi connectivity index (χ1n) is 5.15. The molecule has 0 aliphatic carbocycles. The summed E-state index contributed by atoms with van der Waals surface area (Å²) in [5, 5.41) is 3.19. The van der Waals surface area contributed by atoms with Crippen molar-refractivity contribution in [3.05, 3.63) is 36.3 Å². The molecule has 0 bridgehead atoms. The molecular weight excluding hydrogens is 252 g/mol. The molecule has 0 aliphatic rings. The Balaban J connectivity index is 1.89.